The molecule has 1 aliphatic rings. The molecular formula is C7H11N3O. The van der Waals surface area contributed by atoms with E-state index in [-0.39, 0.29) is 11.7 Å². The van der Waals surface area contributed by atoms with Crippen LogP contribution in [0.15, 0.2) is 15.2 Å². The maximum absolute atomic E-state index is 11.1. The molecule has 0 aromatic carbocycles. The molecule has 4 nitrogen and oxygen atoms in total. The van der Waals surface area contributed by atoms with Gasteiger partial charge in [0.1, 0.15) is 5.78 Å². The molecule has 0 saturated heterocycles. The standard InChI is InChI=1S/C7H11N3O/c1-5(2)6(11)3-7-8-4-9-10-7/h5H,3-4H2,1-2H3. The number of azo groups is 1. The molecule has 11 heavy (non-hydrogen) atoms. The van der Waals surface area contributed by atoms with E-state index in [0.717, 1.165) is 0 Å². The van der Waals surface area contributed by atoms with Crippen molar-refractivity contribution < 1.29 is 4.79 Å². The highest BCUT2D eigenvalue weighted by Gasteiger charge is 2.12. The van der Waals surface area contributed by atoms with Gasteiger partial charge in [-0.15, -0.1) is 5.11 Å². The first-order chi connectivity index (χ1) is 5.20. The number of hydrogen-bond acceptors (Lipinski definition) is 4. The average Bonchev–Trinajstić information content (AvgIpc) is 2.39. The van der Waals surface area contributed by atoms with E-state index in [1.54, 1.807) is 0 Å². The first-order valence-corrected chi connectivity index (χ1v) is 3.63. The molecule has 60 valence electrons. The summed E-state index contributed by atoms with van der Waals surface area (Å²) in [6, 6.07) is 0. The smallest absolute Gasteiger partial charge is 0.155 e. The van der Waals surface area contributed by atoms with Gasteiger partial charge in [-0.05, 0) is 0 Å². The Bertz CT molecular complexity index is 218. The van der Waals surface area contributed by atoms with Gasteiger partial charge >= 0.3 is 0 Å². The predicted octanol–water partition coefficient (Wildman–Crippen LogP) is 1.42. The Morgan fingerprint density at radius 2 is 2.36 bits per heavy atom. The zero-order chi connectivity index (χ0) is 8.27. The lowest BCUT2D eigenvalue weighted by Gasteiger charge is -1.99. The summed E-state index contributed by atoms with van der Waals surface area (Å²) < 4.78 is 0. The van der Waals surface area contributed by atoms with Crippen LogP contribution in [0, 0.1) is 5.92 Å². The van der Waals surface area contributed by atoms with Gasteiger partial charge in [0.05, 0.1) is 6.42 Å². The van der Waals surface area contributed by atoms with Crippen molar-refractivity contribution >= 4 is 11.6 Å². The molecule has 0 bridgehead atoms. The fraction of sp³-hybridized carbons (Fsp3) is 0.714. The lowest BCUT2D eigenvalue weighted by Crippen LogP contribution is -2.10. The highest BCUT2D eigenvalue weighted by molar-refractivity contribution is 6.02. The van der Waals surface area contributed by atoms with E-state index in [9.17, 15) is 4.79 Å². The minimum atomic E-state index is 0.0634. The SMILES string of the molecule is CC(C)C(=O)CC1=NCN=N1. The maximum atomic E-state index is 11.1. The van der Waals surface area contributed by atoms with Crippen molar-refractivity contribution in [2.45, 2.75) is 20.3 Å². The van der Waals surface area contributed by atoms with Gasteiger partial charge in [0.25, 0.3) is 0 Å². The predicted molar refractivity (Wildman–Crippen MR) is 41.6 cm³/mol. The van der Waals surface area contributed by atoms with Crippen LogP contribution in [0.1, 0.15) is 20.3 Å². The van der Waals surface area contributed by atoms with Crippen molar-refractivity contribution in [1.82, 2.24) is 0 Å². The lowest BCUT2D eigenvalue weighted by molar-refractivity contribution is -0.120. The van der Waals surface area contributed by atoms with Crippen LogP contribution in [0.2, 0.25) is 0 Å². The zero-order valence-corrected chi connectivity index (χ0v) is 6.74. The van der Waals surface area contributed by atoms with E-state index in [1.807, 2.05) is 13.8 Å². The topological polar surface area (TPSA) is 54.1 Å². The highest BCUT2D eigenvalue weighted by Crippen LogP contribution is 2.04. The fourth-order valence-corrected chi connectivity index (χ4v) is 0.709. The van der Waals surface area contributed by atoms with Crippen LogP contribution in [-0.2, 0) is 4.79 Å². The van der Waals surface area contributed by atoms with Gasteiger partial charge in [-0.2, -0.15) is 5.11 Å². The first-order valence-electron chi connectivity index (χ1n) is 3.63. The molecule has 0 atom stereocenters. The molecular weight excluding hydrogens is 142 g/mol. The number of Topliss-reactive ketones (excluding diaryl/α,β-unsaturated/α-hetero) is 1. The monoisotopic (exact) mass is 153 g/mol. The maximum Gasteiger partial charge on any atom is 0.155 e. The Kier molecular flexibility index (Phi) is 2.46. The summed E-state index contributed by atoms with van der Waals surface area (Å²) >= 11 is 0. The van der Waals surface area contributed by atoms with Crippen molar-refractivity contribution in [1.29, 1.82) is 0 Å². The Balaban J connectivity index is 2.42. The van der Waals surface area contributed by atoms with E-state index in [0.29, 0.717) is 18.9 Å². The number of amidine groups is 1. The van der Waals surface area contributed by atoms with E-state index in [1.165, 1.54) is 0 Å². The fourth-order valence-electron chi connectivity index (χ4n) is 0.709. The Morgan fingerprint density at radius 1 is 1.64 bits per heavy atom. The number of hydrogen-bond donors (Lipinski definition) is 0. The number of carbonyl (C=O) groups excluding carboxylic acids is 1. The third-order valence-electron chi connectivity index (χ3n) is 1.48. The minimum Gasteiger partial charge on any atom is -0.299 e. The molecule has 0 fully saturated rings. The van der Waals surface area contributed by atoms with Crippen LogP contribution < -0.4 is 0 Å². The number of nitrogens with zero attached hydrogens (tertiary/aromatic N) is 3. The molecule has 0 aliphatic carbocycles. The first kappa shape index (κ1) is 8.04. The molecule has 1 aliphatic heterocycles. The molecule has 0 spiro atoms. The van der Waals surface area contributed by atoms with Crippen LogP contribution in [0.4, 0.5) is 0 Å². The highest BCUT2D eigenvalue weighted by atomic mass is 16.1. The van der Waals surface area contributed by atoms with Crippen molar-refractivity contribution in [3.05, 3.63) is 0 Å². The molecule has 0 aromatic rings. The van der Waals surface area contributed by atoms with E-state index >= 15 is 0 Å². The second-order valence-electron chi connectivity index (χ2n) is 2.75. The molecule has 0 radical (unpaired) electrons. The normalized spacial score (nSPS) is 15.7. The van der Waals surface area contributed by atoms with Crippen molar-refractivity contribution in [2.75, 3.05) is 6.67 Å². The van der Waals surface area contributed by atoms with E-state index in [2.05, 4.69) is 15.2 Å². The lowest BCUT2D eigenvalue weighted by atomic mass is 10.1. The summed E-state index contributed by atoms with van der Waals surface area (Å²) in [5.74, 6) is 0.807. The van der Waals surface area contributed by atoms with Crippen molar-refractivity contribution in [2.24, 2.45) is 21.1 Å². The minimum absolute atomic E-state index is 0.0634. The quantitative estimate of drug-likeness (QED) is 0.605. The van der Waals surface area contributed by atoms with Crippen molar-refractivity contribution in [3.63, 3.8) is 0 Å². The molecule has 0 unspecified atom stereocenters. The van der Waals surface area contributed by atoms with Gasteiger partial charge in [-0.25, -0.2) is 4.99 Å². The largest absolute Gasteiger partial charge is 0.299 e. The Hall–Kier alpha value is -1.06. The number of rotatable bonds is 3. The number of carbonyl (C=O) groups is 1. The van der Waals surface area contributed by atoms with E-state index in [4.69, 9.17) is 0 Å². The molecule has 0 aromatic heterocycles. The van der Waals surface area contributed by atoms with Gasteiger partial charge in [-0.1, -0.05) is 13.8 Å². The van der Waals surface area contributed by atoms with Crippen LogP contribution in [0.5, 0.6) is 0 Å². The average molecular weight is 153 g/mol. The van der Waals surface area contributed by atoms with Crippen LogP contribution in [0.3, 0.4) is 0 Å². The Labute approximate surface area is 65.4 Å². The summed E-state index contributed by atoms with van der Waals surface area (Å²) in [6.45, 7) is 4.13. The van der Waals surface area contributed by atoms with Gasteiger partial charge in [0, 0.05) is 5.92 Å². The number of ketones is 1. The second-order valence-corrected chi connectivity index (χ2v) is 2.75. The summed E-state index contributed by atoms with van der Waals surface area (Å²) in [5, 5.41) is 7.36. The molecule has 0 N–H and O–H groups in total. The van der Waals surface area contributed by atoms with Gasteiger partial charge < -0.3 is 0 Å². The summed E-state index contributed by atoms with van der Waals surface area (Å²) in [4.78, 5) is 15.0. The molecule has 1 rings (SSSR count). The van der Waals surface area contributed by atoms with Crippen molar-refractivity contribution in [3.8, 4) is 0 Å². The van der Waals surface area contributed by atoms with Gasteiger partial charge in [0.15, 0.2) is 12.5 Å². The van der Waals surface area contributed by atoms with Crippen LogP contribution in [-0.4, -0.2) is 18.3 Å². The molecule has 0 saturated carbocycles. The van der Waals surface area contributed by atoms with Gasteiger partial charge in [0.2, 0.25) is 0 Å². The summed E-state index contributed by atoms with van der Waals surface area (Å²) in [5.41, 5.74) is 0. The molecule has 1 heterocycles. The van der Waals surface area contributed by atoms with Crippen LogP contribution >= 0.6 is 0 Å². The Morgan fingerprint density at radius 3 is 2.82 bits per heavy atom. The molecule has 4 heteroatoms. The summed E-state index contributed by atoms with van der Waals surface area (Å²) in [6.07, 6.45) is 0.334. The number of aliphatic imine (C=N–C) groups is 1. The third kappa shape index (κ3) is 2.22. The summed E-state index contributed by atoms with van der Waals surface area (Å²) in [7, 11) is 0. The van der Waals surface area contributed by atoms with E-state index < -0.39 is 0 Å². The zero-order valence-electron chi connectivity index (χ0n) is 6.74. The molecule has 0 amide bonds. The third-order valence-corrected chi connectivity index (χ3v) is 1.48. The van der Waals surface area contributed by atoms with Crippen LogP contribution in [0.25, 0.3) is 0 Å². The van der Waals surface area contributed by atoms with Gasteiger partial charge in [-0.3, -0.25) is 4.79 Å². The second kappa shape index (κ2) is 3.37.